The number of nitrogens with zero attached hydrogens (tertiary/aromatic N) is 2. The highest BCUT2D eigenvalue weighted by atomic mass is 32.1. The van der Waals surface area contributed by atoms with Gasteiger partial charge in [0.2, 0.25) is 0 Å². The highest BCUT2D eigenvalue weighted by Crippen LogP contribution is 2.21. The van der Waals surface area contributed by atoms with Crippen LogP contribution in [0.4, 0.5) is 24.5 Å². The zero-order chi connectivity index (χ0) is 24.6. The quantitative estimate of drug-likeness (QED) is 0.528. The summed E-state index contributed by atoms with van der Waals surface area (Å²) in [5, 5.41) is 12.0. The van der Waals surface area contributed by atoms with Gasteiger partial charge in [-0.05, 0) is 41.3 Å². The molecule has 180 valence electrons. The first kappa shape index (κ1) is 25.3. The molecule has 1 amide bonds. The first-order chi connectivity index (χ1) is 16.2. The third-order valence-corrected chi connectivity index (χ3v) is 5.97. The number of rotatable bonds is 5. The molecule has 0 radical (unpaired) electrons. The molecule has 2 heterocycles. The molecule has 1 aliphatic heterocycles. The van der Waals surface area contributed by atoms with Gasteiger partial charge in [-0.1, -0.05) is 36.4 Å². The summed E-state index contributed by atoms with van der Waals surface area (Å²) in [4.78, 5) is 26.7. The van der Waals surface area contributed by atoms with Crippen LogP contribution in [0.3, 0.4) is 0 Å². The van der Waals surface area contributed by atoms with E-state index in [1.807, 2.05) is 29.6 Å². The van der Waals surface area contributed by atoms with Gasteiger partial charge < -0.3 is 15.3 Å². The van der Waals surface area contributed by atoms with Crippen LogP contribution >= 0.6 is 11.3 Å². The summed E-state index contributed by atoms with van der Waals surface area (Å²) < 4.78 is 31.7. The van der Waals surface area contributed by atoms with Crippen LogP contribution in [-0.2, 0) is 11.3 Å². The van der Waals surface area contributed by atoms with E-state index in [4.69, 9.17) is 9.90 Å². The fourth-order valence-corrected chi connectivity index (χ4v) is 3.98. The first-order valence-corrected chi connectivity index (χ1v) is 11.4. The van der Waals surface area contributed by atoms with Crippen molar-refractivity contribution in [1.29, 1.82) is 0 Å². The lowest BCUT2D eigenvalue weighted by Gasteiger charge is -2.36. The van der Waals surface area contributed by atoms with E-state index >= 15 is 0 Å². The maximum Gasteiger partial charge on any atom is 0.490 e. The second kappa shape index (κ2) is 11.7. The van der Waals surface area contributed by atoms with Crippen molar-refractivity contribution >= 4 is 34.6 Å². The lowest BCUT2D eigenvalue weighted by Crippen LogP contribution is -2.45. The van der Waals surface area contributed by atoms with Crippen LogP contribution in [0, 0.1) is 0 Å². The number of aliphatic carboxylic acids is 1. The largest absolute Gasteiger partial charge is 0.490 e. The van der Waals surface area contributed by atoms with Crippen LogP contribution in [0.1, 0.15) is 15.2 Å². The molecule has 6 nitrogen and oxygen atoms in total. The van der Waals surface area contributed by atoms with Crippen molar-refractivity contribution in [3.05, 3.63) is 82.6 Å². The minimum absolute atomic E-state index is 0.0488. The summed E-state index contributed by atoms with van der Waals surface area (Å²) in [6, 6.07) is 22.5. The minimum Gasteiger partial charge on any atom is -0.475 e. The molecule has 10 heteroatoms. The summed E-state index contributed by atoms with van der Waals surface area (Å²) in [5.41, 5.74) is 3.42. The van der Waals surface area contributed by atoms with Gasteiger partial charge in [0.25, 0.3) is 5.91 Å². The lowest BCUT2D eigenvalue weighted by molar-refractivity contribution is -0.192. The molecule has 0 aliphatic carbocycles. The number of carbonyl (C=O) groups excluding carboxylic acids is 1. The van der Waals surface area contributed by atoms with E-state index in [0.717, 1.165) is 43.3 Å². The van der Waals surface area contributed by atoms with Crippen LogP contribution in [0.25, 0.3) is 0 Å². The number of nitrogens with one attached hydrogen (secondary N) is 1. The Balaban J connectivity index is 0.000000406. The highest BCUT2D eigenvalue weighted by Gasteiger charge is 2.38. The number of alkyl halides is 3. The molecular formula is C24H24F3N3O3S. The molecule has 0 bridgehead atoms. The Kier molecular flexibility index (Phi) is 8.67. The van der Waals surface area contributed by atoms with Crippen molar-refractivity contribution in [3.8, 4) is 0 Å². The Morgan fingerprint density at radius 3 is 2.06 bits per heavy atom. The summed E-state index contributed by atoms with van der Waals surface area (Å²) in [6.45, 7) is 5.18. The highest BCUT2D eigenvalue weighted by molar-refractivity contribution is 7.12. The van der Waals surface area contributed by atoms with Crippen LogP contribution in [-0.4, -0.2) is 54.2 Å². The summed E-state index contributed by atoms with van der Waals surface area (Å²) in [7, 11) is 0. The number of carboxylic acids is 1. The van der Waals surface area contributed by atoms with E-state index in [0.29, 0.717) is 0 Å². The Labute approximate surface area is 199 Å². The molecule has 2 aromatic carbocycles. The molecule has 3 aromatic rings. The molecule has 0 saturated carbocycles. The molecule has 34 heavy (non-hydrogen) atoms. The van der Waals surface area contributed by atoms with Gasteiger partial charge in [0, 0.05) is 44.1 Å². The number of carboxylic acid groups (broad SMARTS) is 1. The van der Waals surface area contributed by atoms with Crippen LogP contribution in [0.15, 0.2) is 72.1 Å². The van der Waals surface area contributed by atoms with Crippen molar-refractivity contribution in [2.45, 2.75) is 12.7 Å². The maximum absolute atomic E-state index is 12.1. The van der Waals surface area contributed by atoms with Gasteiger partial charge in [0.05, 0.1) is 4.88 Å². The van der Waals surface area contributed by atoms with E-state index in [1.165, 1.54) is 22.6 Å². The molecule has 1 aromatic heterocycles. The van der Waals surface area contributed by atoms with Crippen molar-refractivity contribution in [2.24, 2.45) is 0 Å². The van der Waals surface area contributed by atoms with Gasteiger partial charge in [0.1, 0.15) is 0 Å². The molecule has 0 spiro atoms. The molecule has 0 unspecified atom stereocenters. The zero-order valence-corrected chi connectivity index (χ0v) is 19.0. The number of amides is 1. The molecule has 4 rings (SSSR count). The first-order valence-electron chi connectivity index (χ1n) is 10.5. The standard InChI is InChI=1S/C22H23N3OS.C2HF3O2/c26-22(21-7-4-16-27-21)23-19-8-10-20(11-9-19)25-14-12-24(13-15-25)17-18-5-2-1-3-6-18;3-2(4,5)1(6)7/h1-11,16H,12-15,17H2,(H,23,26);(H,6,7). The van der Waals surface area contributed by atoms with E-state index in [-0.39, 0.29) is 5.91 Å². The zero-order valence-electron chi connectivity index (χ0n) is 18.2. The normalized spacial score (nSPS) is 14.1. The number of halogens is 3. The Morgan fingerprint density at radius 2 is 1.53 bits per heavy atom. The van der Waals surface area contributed by atoms with Crippen LogP contribution in [0.5, 0.6) is 0 Å². The third kappa shape index (κ3) is 7.60. The predicted octanol–water partition coefficient (Wildman–Crippen LogP) is 4.96. The van der Waals surface area contributed by atoms with Gasteiger partial charge in [-0.2, -0.15) is 13.2 Å². The van der Waals surface area contributed by atoms with Crippen molar-refractivity contribution < 1.29 is 27.9 Å². The number of anilines is 2. The topological polar surface area (TPSA) is 72.9 Å². The molecule has 0 atom stereocenters. The average Bonchev–Trinajstić information content (AvgIpc) is 3.36. The average molecular weight is 492 g/mol. The predicted molar refractivity (Wildman–Crippen MR) is 126 cm³/mol. The monoisotopic (exact) mass is 491 g/mol. The number of benzene rings is 2. The fourth-order valence-electron chi connectivity index (χ4n) is 3.36. The fraction of sp³-hybridized carbons (Fsp3) is 0.250. The minimum atomic E-state index is -5.08. The molecule has 2 N–H and O–H groups in total. The second-order valence-electron chi connectivity index (χ2n) is 7.53. The molecular weight excluding hydrogens is 467 g/mol. The van der Waals surface area contributed by atoms with E-state index in [1.54, 1.807) is 0 Å². The van der Waals surface area contributed by atoms with Gasteiger partial charge in [-0.15, -0.1) is 11.3 Å². The third-order valence-electron chi connectivity index (χ3n) is 5.10. The SMILES string of the molecule is O=C(Nc1ccc(N2CCN(Cc3ccccc3)CC2)cc1)c1cccs1.O=C(O)C(F)(F)F. The van der Waals surface area contributed by atoms with Gasteiger partial charge in [-0.3, -0.25) is 9.69 Å². The Bertz CT molecular complexity index is 1050. The lowest BCUT2D eigenvalue weighted by atomic mass is 10.2. The van der Waals surface area contributed by atoms with Crippen molar-refractivity contribution in [2.75, 3.05) is 36.4 Å². The number of hydrogen-bond donors (Lipinski definition) is 2. The van der Waals surface area contributed by atoms with Gasteiger partial charge >= 0.3 is 12.1 Å². The number of thiophene rings is 1. The van der Waals surface area contributed by atoms with Crippen LogP contribution < -0.4 is 10.2 Å². The molecule has 1 fully saturated rings. The van der Waals surface area contributed by atoms with E-state index < -0.39 is 12.1 Å². The number of carbonyl (C=O) groups is 2. The van der Waals surface area contributed by atoms with E-state index in [9.17, 15) is 18.0 Å². The molecule has 1 saturated heterocycles. The Morgan fingerprint density at radius 1 is 0.912 bits per heavy atom. The van der Waals surface area contributed by atoms with Gasteiger partial charge in [-0.25, -0.2) is 4.79 Å². The maximum atomic E-state index is 12.1. The van der Waals surface area contributed by atoms with Crippen molar-refractivity contribution in [1.82, 2.24) is 4.90 Å². The molecule has 1 aliphatic rings. The van der Waals surface area contributed by atoms with E-state index in [2.05, 4.69) is 57.6 Å². The van der Waals surface area contributed by atoms with Gasteiger partial charge in [0.15, 0.2) is 0 Å². The Hall–Kier alpha value is -3.37. The summed E-state index contributed by atoms with van der Waals surface area (Å²) >= 11 is 1.45. The smallest absolute Gasteiger partial charge is 0.475 e. The van der Waals surface area contributed by atoms with Crippen LogP contribution in [0.2, 0.25) is 0 Å². The number of hydrogen-bond acceptors (Lipinski definition) is 5. The number of piperazine rings is 1. The van der Waals surface area contributed by atoms with Crippen molar-refractivity contribution in [3.63, 3.8) is 0 Å². The summed E-state index contributed by atoms with van der Waals surface area (Å²) in [6.07, 6.45) is -5.08. The summed E-state index contributed by atoms with van der Waals surface area (Å²) in [5.74, 6) is -2.81. The second-order valence-corrected chi connectivity index (χ2v) is 8.48.